The van der Waals surface area contributed by atoms with Gasteiger partial charge in [-0.2, -0.15) is 4.98 Å². The minimum Gasteiger partial charge on any atom is -0.493 e. The smallest absolute Gasteiger partial charge is 0.394 e. The van der Waals surface area contributed by atoms with E-state index >= 15 is 0 Å². The molecule has 0 N–H and O–H groups in total. The topological polar surface area (TPSA) is 73.5 Å². The maximum Gasteiger partial charge on any atom is 0.394 e. The third-order valence-corrected chi connectivity index (χ3v) is 5.70. The number of ether oxygens (including phenoxy) is 2. The zero-order valence-corrected chi connectivity index (χ0v) is 16.5. The molecule has 1 aliphatic rings. The number of fused-ring (bicyclic) bond motifs is 1. The van der Waals surface area contributed by atoms with Crippen LogP contribution < -0.4 is 14.4 Å². The number of anilines is 1. The Bertz CT molecular complexity index is 886. The van der Waals surface area contributed by atoms with Crippen LogP contribution in [0.5, 0.6) is 11.8 Å². The van der Waals surface area contributed by atoms with Crippen molar-refractivity contribution in [3.05, 3.63) is 23.2 Å². The minimum atomic E-state index is 0.307. The SMILES string of the molecule is CCOc1nc2ccc(OCCC3CCN(c4nnc(C)s4)CC3)cc2o1. The van der Waals surface area contributed by atoms with Crippen molar-refractivity contribution < 1.29 is 13.9 Å². The Labute approximate surface area is 162 Å². The van der Waals surface area contributed by atoms with Crippen LogP contribution in [0.2, 0.25) is 0 Å². The summed E-state index contributed by atoms with van der Waals surface area (Å²) in [4.78, 5) is 6.62. The first-order valence-electron chi connectivity index (χ1n) is 9.42. The zero-order valence-electron chi connectivity index (χ0n) is 15.7. The molecule has 0 unspecified atom stereocenters. The van der Waals surface area contributed by atoms with Gasteiger partial charge < -0.3 is 18.8 Å². The molecule has 2 aromatic heterocycles. The Morgan fingerprint density at radius 2 is 2.07 bits per heavy atom. The highest BCUT2D eigenvalue weighted by Gasteiger charge is 2.21. The van der Waals surface area contributed by atoms with E-state index in [0.717, 1.165) is 40.9 Å². The van der Waals surface area contributed by atoms with Gasteiger partial charge in [-0.3, -0.25) is 0 Å². The summed E-state index contributed by atoms with van der Waals surface area (Å²) in [6.07, 6.45) is 3.70. The number of hydrogen-bond acceptors (Lipinski definition) is 8. The lowest BCUT2D eigenvalue weighted by Gasteiger charge is -2.31. The van der Waals surface area contributed by atoms with Crippen molar-refractivity contribution in [1.29, 1.82) is 0 Å². The number of rotatable bonds is 7. The van der Waals surface area contributed by atoms with Crippen LogP contribution in [0.25, 0.3) is 11.1 Å². The zero-order chi connectivity index (χ0) is 18.6. The van der Waals surface area contributed by atoms with Crippen LogP contribution >= 0.6 is 11.3 Å². The molecule has 27 heavy (non-hydrogen) atoms. The van der Waals surface area contributed by atoms with Crippen molar-refractivity contribution >= 4 is 27.6 Å². The number of oxazole rings is 1. The standard InChI is InChI=1S/C19H24N4O3S/c1-3-24-19-20-16-5-4-15(12-17(16)26-19)25-11-8-14-6-9-23(10-7-14)18-22-21-13(2)27-18/h4-5,12,14H,3,6-11H2,1-2H3. The monoisotopic (exact) mass is 388 g/mol. The Hall–Kier alpha value is -2.35. The molecule has 0 atom stereocenters. The number of aryl methyl sites for hydroxylation is 1. The van der Waals surface area contributed by atoms with E-state index in [1.54, 1.807) is 11.3 Å². The summed E-state index contributed by atoms with van der Waals surface area (Å²) in [6, 6.07) is 5.71. The van der Waals surface area contributed by atoms with Gasteiger partial charge in [-0.05, 0) is 51.2 Å². The lowest BCUT2D eigenvalue weighted by molar-refractivity contribution is 0.250. The first-order chi connectivity index (χ1) is 13.2. The summed E-state index contributed by atoms with van der Waals surface area (Å²) in [6.45, 7) is 7.24. The highest BCUT2D eigenvalue weighted by molar-refractivity contribution is 7.15. The number of piperidine rings is 1. The van der Waals surface area contributed by atoms with E-state index in [9.17, 15) is 0 Å². The minimum absolute atomic E-state index is 0.307. The lowest BCUT2D eigenvalue weighted by atomic mass is 9.94. The normalized spacial score (nSPS) is 15.4. The van der Waals surface area contributed by atoms with Gasteiger partial charge in [0.25, 0.3) is 0 Å². The van der Waals surface area contributed by atoms with Crippen molar-refractivity contribution in [2.75, 3.05) is 31.2 Å². The second-order valence-corrected chi connectivity index (χ2v) is 7.87. The summed E-state index contributed by atoms with van der Waals surface area (Å²) < 4.78 is 16.8. The van der Waals surface area contributed by atoms with Gasteiger partial charge in [-0.1, -0.05) is 11.3 Å². The summed E-state index contributed by atoms with van der Waals surface area (Å²) in [5, 5.41) is 10.4. The summed E-state index contributed by atoms with van der Waals surface area (Å²) in [5.74, 6) is 1.50. The molecule has 1 aliphatic heterocycles. The van der Waals surface area contributed by atoms with E-state index in [2.05, 4.69) is 20.1 Å². The number of benzene rings is 1. The van der Waals surface area contributed by atoms with Gasteiger partial charge in [-0.25, -0.2) is 0 Å². The quantitative estimate of drug-likeness (QED) is 0.604. The van der Waals surface area contributed by atoms with Crippen LogP contribution in [0.3, 0.4) is 0 Å². The summed E-state index contributed by atoms with van der Waals surface area (Å²) in [7, 11) is 0. The van der Waals surface area contributed by atoms with Crippen molar-refractivity contribution in [3.63, 3.8) is 0 Å². The average Bonchev–Trinajstić information content (AvgIpc) is 3.28. The van der Waals surface area contributed by atoms with Crippen molar-refractivity contribution in [2.45, 2.75) is 33.1 Å². The Morgan fingerprint density at radius 3 is 2.81 bits per heavy atom. The molecule has 3 aromatic rings. The molecule has 144 valence electrons. The molecule has 3 heterocycles. The van der Waals surface area contributed by atoms with E-state index in [1.165, 1.54) is 12.8 Å². The predicted molar refractivity (Wildman–Crippen MR) is 105 cm³/mol. The Balaban J connectivity index is 1.25. The first kappa shape index (κ1) is 18.0. The van der Waals surface area contributed by atoms with Gasteiger partial charge in [0, 0.05) is 19.2 Å². The van der Waals surface area contributed by atoms with Gasteiger partial charge in [0.15, 0.2) is 5.58 Å². The molecule has 1 saturated heterocycles. The van der Waals surface area contributed by atoms with Crippen LogP contribution in [0, 0.1) is 12.8 Å². The highest BCUT2D eigenvalue weighted by atomic mass is 32.1. The molecule has 0 amide bonds. The van der Waals surface area contributed by atoms with Crippen LogP contribution in [0.4, 0.5) is 5.13 Å². The van der Waals surface area contributed by atoms with Gasteiger partial charge in [-0.15, -0.1) is 10.2 Å². The van der Waals surface area contributed by atoms with Crippen molar-refractivity contribution in [2.24, 2.45) is 5.92 Å². The average molecular weight is 388 g/mol. The Kier molecular flexibility index (Phi) is 5.42. The number of hydrogen-bond donors (Lipinski definition) is 0. The van der Waals surface area contributed by atoms with Crippen LogP contribution in [-0.2, 0) is 0 Å². The van der Waals surface area contributed by atoms with E-state index in [1.807, 2.05) is 32.0 Å². The fourth-order valence-corrected chi connectivity index (χ4v) is 4.07. The maximum absolute atomic E-state index is 5.94. The van der Waals surface area contributed by atoms with Crippen LogP contribution in [0.1, 0.15) is 31.2 Å². The highest BCUT2D eigenvalue weighted by Crippen LogP contribution is 2.28. The molecule has 0 saturated carbocycles. The van der Waals surface area contributed by atoms with Gasteiger partial charge in [0.1, 0.15) is 16.3 Å². The number of nitrogens with zero attached hydrogens (tertiary/aromatic N) is 4. The third kappa shape index (κ3) is 4.32. The molecule has 0 aliphatic carbocycles. The molecule has 1 fully saturated rings. The van der Waals surface area contributed by atoms with E-state index in [0.29, 0.717) is 30.8 Å². The fourth-order valence-electron chi connectivity index (χ4n) is 3.33. The fraction of sp³-hybridized carbons (Fsp3) is 0.526. The second-order valence-electron chi connectivity index (χ2n) is 6.71. The molecule has 4 rings (SSSR count). The lowest BCUT2D eigenvalue weighted by Crippen LogP contribution is -2.34. The predicted octanol–water partition coefficient (Wildman–Crippen LogP) is 4.07. The summed E-state index contributed by atoms with van der Waals surface area (Å²) >= 11 is 1.67. The van der Waals surface area contributed by atoms with Gasteiger partial charge >= 0.3 is 6.08 Å². The van der Waals surface area contributed by atoms with Crippen LogP contribution in [-0.4, -0.2) is 41.5 Å². The molecule has 0 radical (unpaired) electrons. The van der Waals surface area contributed by atoms with Gasteiger partial charge in [0.2, 0.25) is 5.13 Å². The first-order valence-corrected chi connectivity index (χ1v) is 10.2. The van der Waals surface area contributed by atoms with E-state index < -0.39 is 0 Å². The molecular weight excluding hydrogens is 364 g/mol. The molecular formula is C19H24N4O3S. The van der Waals surface area contributed by atoms with E-state index in [4.69, 9.17) is 13.9 Å². The molecule has 7 nitrogen and oxygen atoms in total. The summed E-state index contributed by atoms with van der Waals surface area (Å²) in [5.41, 5.74) is 1.47. The second kappa shape index (κ2) is 8.12. The van der Waals surface area contributed by atoms with Gasteiger partial charge in [0.05, 0.1) is 13.2 Å². The van der Waals surface area contributed by atoms with Crippen LogP contribution in [0.15, 0.2) is 22.6 Å². The largest absolute Gasteiger partial charge is 0.493 e. The molecule has 1 aromatic carbocycles. The van der Waals surface area contributed by atoms with E-state index in [-0.39, 0.29) is 0 Å². The molecule has 0 spiro atoms. The number of aromatic nitrogens is 3. The molecule has 8 heteroatoms. The third-order valence-electron chi connectivity index (χ3n) is 4.80. The van der Waals surface area contributed by atoms with Crippen molar-refractivity contribution in [1.82, 2.24) is 15.2 Å². The van der Waals surface area contributed by atoms with Crippen molar-refractivity contribution in [3.8, 4) is 11.8 Å². The Morgan fingerprint density at radius 1 is 1.22 bits per heavy atom. The molecule has 0 bridgehead atoms. The maximum atomic E-state index is 5.94.